The molecular weight excluding hydrogens is 273 g/mol. The van der Waals surface area contributed by atoms with Gasteiger partial charge >= 0.3 is 6.36 Å². The van der Waals surface area contributed by atoms with Crippen molar-refractivity contribution in [2.45, 2.75) is 6.36 Å². The van der Waals surface area contributed by atoms with E-state index in [2.05, 4.69) is 15.0 Å². The first-order valence-corrected chi connectivity index (χ1v) is 6.21. The lowest BCUT2D eigenvalue weighted by Gasteiger charge is -2.12. The van der Waals surface area contributed by atoms with Crippen molar-refractivity contribution in [1.82, 2.24) is 10.2 Å². The number of rotatable bonds is 8. The molecule has 0 spiro atoms. The van der Waals surface area contributed by atoms with Gasteiger partial charge < -0.3 is 19.7 Å². The van der Waals surface area contributed by atoms with Crippen LogP contribution in [0.3, 0.4) is 0 Å². The van der Waals surface area contributed by atoms with Crippen LogP contribution in [0, 0.1) is 0 Å². The molecule has 0 bridgehead atoms. The molecule has 0 fully saturated rings. The van der Waals surface area contributed by atoms with E-state index in [4.69, 9.17) is 4.74 Å². The quantitative estimate of drug-likeness (QED) is 0.744. The van der Waals surface area contributed by atoms with Gasteiger partial charge in [0, 0.05) is 19.6 Å². The Balaban J connectivity index is 2.21. The zero-order chi connectivity index (χ0) is 15.0. The molecule has 0 aliphatic rings. The largest absolute Gasteiger partial charge is 0.573 e. The molecule has 7 heteroatoms. The van der Waals surface area contributed by atoms with Gasteiger partial charge in [0.05, 0.1) is 0 Å². The van der Waals surface area contributed by atoms with Gasteiger partial charge in [-0.05, 0) is 38.4 Å². The van der Waals surface area contributed by atoms with Gasteiger partial charge in [0.2, 0.25) is 0 Å². The minimum Gasteiger partial charge on any atom is -0.492 e. The summed E-state index contributed by atoms with van der Waals surface area (Å²) in [4.78, 5) is 2.06. The normalized spacial score (nSPS) is 11.7. The van der Waals surface area contributed by atoms with Crippen LogP contribution in [0.5, 0.6) is 11.5 Å². The summed E-state index contributed by atoms with van der Waals surface area (Å²) in [5.41, 5.74) is 0. The van der Waals surface area contributed by atoms with Crippen molar-refractivity contribution >= 4 is 0 Å². The van der Waals surface area contributed by atoms with E-state index in [9.17, 15) is 13.2 Å². The number of hydrogen-bond acceptors (Lipinski definition) is 4. The number of nitrogens with one attached hydrogen (secondary N) is 1. The molecule has 0 aliphatic heterocycles. The van der Waals surface area contributed by atoms with E-state index in [1.807, 2.05) is 14.1 Å². The van der Waals surface area contributed by atoms with Gasteiger partial charge in [0.15, 0.2) is 0 Å². The molecule has 114 valence electrons. The van der Waals surface area contributed by atoms with Crippen molar-refractivity contribution in [3.8, 4) is 11.5 Å². The zero-order valence-corrected chi connectivity index (χ0v) is 11.5. The van der Waals surface area contributed by atoms with E-state index in [-0.39, 0.29) is 5.75 Å². The number of alkyl halides is 3. The third kappa shape index (κ3) is 7.85. The van der Waals surface area contributed by atoms with Crippen LogP contribution < -0.4 is 14.8 Å². The fourth-order valence-electron chi connectivity index (χ4n) is 1.41. The van der Waals surface area contributed by atoms with Gasteiger partial charge in [-0.15, -0.1) is 13.2 Å². The van der Waals surface area contributed by atoms with E-state index < -0.39 is 6.36 Å². The number of nitrogens with zero attached hydrogens (tertiary/aromatic N) is 1. The smallest absolute Gasteiger partial charge is 0.492 e. The Morgan fingerprint density at radius 3 is 2.20 bits per heavy atom. The lowest BCUT2D eigenvalue weighted by atomic mass is 10.3. The summed E-state index contributed by atoms with van der Waals surface area (Å²) in [6.45, 7) is 2.92. The molecular formula is C13H19F3N2O2. The predicted molar refractivity (Wildman–Crippen MR) is 70.0 cm³/mol. The molecule has 0 amide bonds. The summed E-state index contributed by atoms with van der Waals surface area (Å²) >= 11 is 0. The van der Waals surface area contributed by atoms with Crippen molar-refractivity contribution in [2.24, 2.45) is 0 Å². The fourth-order valence-corrected chi connectivity index (χ4v) is 1.41. The van der Waals surface area contributed by atoms with Crippen molar-refractivity contribution < 1.29 is 22.6 Å². The summed E-state index contributed by atoms with van der Waals surface area (Å²) in [6, 6.07) is 5.34. The lowest BCUT2D eigenvalue weighted by Crippen LogP contribution is -2.29. The molecule has 0 heterocycles. The highest BCUT2D eigenvalue weighted by molar-refractivity contribution is 5.31. The Morgan fingerprint density at radius 1 is 1.05 bits per heavy atom. The van der Waals surface area contributed by atoms with Crippen LogP contribution in [0.25, 0.3) is 0 Å². The molecule has 4 nitrogen and oxygen atoms in total. The van der Waals surface area contributed by atoms with E-state index in [1.165, 1.54) is 24.3 Å². The van der Waals surface area contributed by atoms with Gasteiger partial charge in [-0.3, -0.25) is 0 Å². The van der Waals surface area contributed by atoms with Gasteiger partial charge in [-0.1, -0.05) is 0 Å². The number of benzene rings is 1. The highest BCUT2D eigenvalue weighted by Crippen LogP contribution is 2.24. The third-order valence-corrected chi connectivity index (χ3v) is 2.34. The minimum atomic E-state index is -4.67. The van der Waals surface area contributed by atoms with E-state index in [1.54, 1.807) is 0 Å². The fraction of sp³-hybridized carbons (Fsp3) is 0.538. The number of ether oxygens (including phenoxy) is 2. The molecule has 0 atom stereocenters. The van der Waals surface area contributed by atoms with E-state index in [0.29, 0.717) is 18.9 Å². The SMILES string of the molecule is CN(C)CCNCCOc1ccc(OC(F)(F)F)cc1. The van der Waals surface area contributed by atoms with Crippen molar-refractivity contribution in [3.05, 3.63) is 24.3 Å². The average Bonchev–Trinajstić information content (AvgIpc) is 2.33. The number of likely N-dealkylation sites (N-methyl/N-ethyl adjacent to an activating group) is 1. The second kappa shape index (κ2) is 7.96. The first-order chi connectivity index (χ1) is 9.37. The van der Waals surface area contributed by atoms with Crippen LogP contribution >= 0.6 is 0 Å². The highest BCUT2D eigenvalue weighted by Gasteiger charge is 2.30. The molecule has 0 unspecified atom stereocenters. The Hall–Kier alpha value is -1.47. The standard InChI is InChI=1S/C13H19F3N2O2/c1-18(2)9-7-17-8-10-19-11-3-5-12(6-4-11)20-13(14,15)16/h3-6,17H,7-10H2,1-2H3. The maximum absolute atomic E-state index is 12.0. The van der Waals surface area contributed by atoms with Crippen molar-refractivity contribution in [1.29, 1.82) is 0 Å². The maximum Gasteiger partial charge on any atom is 0.573 e. The molecule has 1 N–H and O–H groups in total. The van der Waals surface area contributed by atoms with Gasteiger partial charge in [0.1, 0.15) is 18.1 Å². The van der Waals surface area contributed by atoms with Gasteiger partial charge in [0.25, 0.3) is 0 Å². The van der Waals surface area contributed by atoms with Crippen molar-refractivity contribution in [3.63, 3.8) is 0 Å². The molecule has 0 aliphatic carbocycles. The molecule has 0 saturated heterocycles. The molecule has 1 rings (SSSR count). The third-order valence-electron chi connectivity index (χ3n) is 2.34. The molecule has 0 radical (unpaired) electrons. The summed E-state index contributed by atoms with van der Waals surface area (Å²) in [5.74, 6) is 0.253. The molecule has 20 heavy (non-hydrogen) atoms. The zero-order valence-electron chi connectivity index (χ0n) is 11.5. The molecule has 0 aromatic heterocycles. The molecule has 0 saturated carbocycles. The second-order valence-corrected chi connectivity index (χ2v) is 4.42. The first-order valence-electron chi connectivity index (χ1n) is 6.21. The van der Waals surface area contributed by atoms with Crippen LogP contribution in [0.4, 0.5) is 13.2 Å². The van der Waals surface area contributed by atoms with Crippen molar-refractivity contribution in [2.75, 3.05) is 40.3 Å². The number of hydrogen-bond donors (Lipinski definition) is 1. The Morgan fingerprint density at radius 2 is 1.65 bits per heavy atom. The molecule has 1 aromatic carbocycles. The van der Waals surface area contributed by atoms with Crippen LogP contribution in [0.2, 0.25) is 0 Å². The van der Waals surface area contributed by atoms with Gasteiger partial charge in [-0.25, -0.2) is 0 Å². The Labute approximate surface area is 116 Å². The predicted octanol–water partition coefficient (Wildman–Crippen LogP) is 2.12. The monoisotopic (exact) mass is 292 g/mol. The highest BCUT2D eigenvalue weighted by atomic mass is 19.4. The number of halogens is 3. The first kappa shape index (κ1) is 16.6. The molecule has 1 aromatic rings. The van der Waals surface area contributed by atoms with Crippen LogP contribution in [0.15, 0.2) is 24.3 Å². The van der Waals surface area contributed by atoms with Crippen LogP contribution in [-0.4, -0.2) is 51.6 Å². The van der Waals surface area contributed by atoms with Crippen LogP contribution in [-0.2, 0) is 0 Å². The van der Waals surface area contributed by atoms with Crippen LogP contribution in [0.1, 0.15) is 0 Å². The Kier molecular flexibility index (Phi) is 6.60. The van der Waals surface area contributed by atoms with E-state index >= 15 is 0 Å². The maximum atomic E-state index is 12.0. The summed E-state index contributed by atoms with van der Waals surface area (Å²) in [5, 5.41) is 3.19. The lowest BCUT2D eigenvalue weighted by molar-refractivity contribution is -0.274. The average molecular weight is 292 g/mol. The van der Waals surface area contributed by atoms with Gasteiger partial charge in [-0.2, -0.15) is 0 Å². The van der Waals surface area contributed by atoms with E-state index in [0.717, 1.165) is 13.1 Å². The Bertz CT molecular complexity index is 380. The summed E-state index contributed by atoms with van der Waals surface area (Å²) in [7, 11) is 3.98. The topological polar surface area (TPSA) is 33.7 Å². The summed E-state index contributed by atoms with van der Waals surface area (Å²) < 4.78 is 45.0. The second-order valence-electron chi connectivity index (χ2n) is 4.42. The minimum absolute atomic E-state index is 0.256. The summed E-state index contributed by atoms with van der Waals surface area (Å²) in [6.07, 6.45) is -4.67.